The summed E-state index contributed by atoms with van der Waals surface area (Å²) in [5.41, 5.74) is 1.41. The molecule has 1 amide bonds. The zero-order valence-corrected chi connectivity index (χ0v) is 11.2. The Morgan fingerprint density at radius 1 is 1.35 bits per heavy atom. The van der Waals surface area contributed by atoms with Gasteiger partial charge in [-0.2, -0.15) is 0 Å². The molecule has 0 saturated carbocycles. The normalized spacial score (nSPS) is 14.8. The van der Waals surface area contributed by atoms with Crippen molar-refractivity contribution in [2.75, 3.05) is 19.6 Å². The first-order valence-corrected chi connectivity index (χ1v) is 6.75. The molecule has 3 nitrogen and oxygen atoms in total. The lowest BCUT2D eigenvalue weighted by Gasteiger charge is -2.14. The van der Waals surface area contributed by atoms with Gasteiger partial charge in [0.15, 0.2) is 11.6 Å². The molecule has 1 aromatic carbocycles. The van der Waals surface area contributed by atoms with Crippen molar-refractivity contribution < 1.29 is 13.6 Å². The van der Waals surface area contributed by atoms with Crippen molar-refractivity contribution in [1.82, 2.24) is 10.6 Å². The van der Waals surface area contributed by atoms with Gasteiger partial charge in [0.2, 0.25) is 5.91 Å². The van der Waals surface area contributed by atoms with Gasteiger partial charge in [-0.25, -0.2) is 8.78 Å². The van der Waals surface area contributed by atoms with E-state index in [0.29, 0.717) is 6.54 Å². The van der Waals surface area contributed by atoms with Crippen LogP contribution < -0.4 is 10.6 Å². The Morgan fingerprint density at radius 2 is 2.20 bits per heavy atom. The highest BCUT2D eigenvalue weighted by Crippen LogP contribution is 2.12. The number of amides is 1. The Balaban J connectivity index is 1.78. The zero-order chi connectivity index (χ0) is 14.4. The van der Waals surface area contributed by atoms with Crippen LogP contribution in [-0.4, -0.2) is 25.5 Å². The Labute approximate surface area is 117 Å². The number of benzene rings is 1. The molecule has 20 heavy (non-hydrogen) atoms. The molecular formula is C15H18F2N2O. The number of hydrogen-bond acceptors (Lipinski definition) is 2. The summed E-state index contributed by atoms with van der Waals surface area (Å²) in [6.45, 7) is 2.37. The summed E-state index contributed by atoms with van der Waals surface area (Å²) in [6, 6.07) is 3.87. The fourth-order valence-electron chi connectivity index (χ4n) is 2.18. The molecule has 0 fully saturated rings. The molecule has 0 aliphatic carbocycles. The average Bonchev–Trinajstić information content (AvgIpc) is 2.45. The third-order valence-electron chi connectivity index (χ3n) is 3.31. The van der Waals surface area contributed by atoms with Crippen molar-refractivity contribution in [3.8, 4) is 0 Å². The highest BCUT2D eigenvalue weighted by atomic mass is 19.2. The van der Waals surface area contributed by atoms with E-state index in [4.69, 9.17) is 0 Å². The van der Waals surface area contributed by atoms with Gasteiger partial charge in [0.25, 0.3) is 0 Å². The van der Waals surface area contributed by atoms with Crippen molar-refractivity contribution in [2.45, 2.75) is 19.3 Å². The molecule has 0 spiro atoms. The molecule has 0 bridgehead atoms. The maximum atomic E-state index is 13.4. The van der Waals surface area contributed by atoms with Gasteiger partial charge in [-0.05, 0) is 25.5 Å². The summed E-state index contributed by atoms with van der Waals surface area (Å²) in [6.07, 6.45) is 3.79. The number of carbonyl (C=O) groups is 1. The van der Waals surface area contributed by atoms with Crippen molar-refractivity contribution in [3.63, 3.8) is 0 Å². The summed E-state index contributed by atoms with van der Waals surface area (Å²) in [7, 11) is 0. The first-order valence-electron chi connectivity index (χ1n) is 6.75. The van der Waals surface area contributed by atoms with Crippen LogP contribution in [0.25, 0.3) is 0 Å². The van der Waals surface area contributed by atoms with E-state index in [-0.39, 0.29) is 17.9 Å². The zero-order valence-electron chi connectivity index (χ0n) is 11.2. The molecular weight excluding hydrogens is 262 g/mol. The molecule has 1 aliphatic rings. The topological polar surface area (TPSA) is 41.1 Å². The van der Waals surface area contributed by atoms with E-state index in [0.717, 1.165) is 32.0 Å². The van der Waals surface area contributed by atoms with E-state index >= 15 is 0 Å². The van der Waals surface area contributed by atoms with Crippen LogP contribution in [0.4, 0.5) is 8.78 Å². The van der Waals surface area contributed by atoms with Gasteiger partial charge in [-0.3, -0.25) is 4.79 Å². The number of carbonyl (C=O) groups excluding carboxylic acids is 1. The van der Waals surface area contributed by atoms with E-state index in [1.807, 2.05) is 0 Å². The van der Waals surface area contributed by atoms with Crippen LogP contribution in [0.1, 0.15) is 18.4 Å². The van der Waals surface area contributed by atoms with Gasteiger partial charge in [0.1, 0.15) is 0 Å². The molecule has 108 valence electrons. The van der Waals surface area contributed by atoms with Gasteiger partial charge >= 0.3 is 0 Å². The minimum absolute atomic E-state index is 0.0866. The number of nitrogens with one attached hydrogen (secondary N) is 2. The molecule has 5 heteroatoms. The molecule has 1 aromatic rings. The average molecular weight is 280 g/mol. The fourth-order valence-corrected chi connectivity index (χ4v) is 2.18. The second-order valence-corrected chi connectivity index (χ2v) is 4.81. The predicted molar refractivity (Wildman–Crippen MR) is 73.3 cm³/mol. The SMILES string of the molecule is O=C(Cc1cccc(F)c1F)NCCC1=CCNCC1. The van der Waals surface area contributed by atoms with E-state index in [9.17, 15) is 13.6 Å². The highest BCUT2D eigenvalue weighted by Gasteiger charge is 2.11. The van der Waals surface area contributed by atoms with E-state index in [1.54, 1.807) is 0 Å². The summed E-state index contributed by atoms with van der Waals surface area (Å²) in [5, 5.41) is 5.95. The molecule has 2 N–H and O–H groups in total. The van der Waals surface area contributed by atoms with Crippen LogP contribution in [0.5, 0.6) is 0 Å². The van der Waals surface area contributed by atoms with Gasteiger partial charge < -0.3 is 10.6 Å². The maximum absolute atomic E-state index is 13.4. The fraction of sp³-hybridized carbons (Fsp3) is 0.400. The summed E-state index contributed by atoms with van der Waals surface area (Å²) < 4.78 is 26.4. The van der Waals surface area contributed by atoms with Crippen molar-refractivity contribution in [1.29, 1.82) is 0 Å². The minimum atomic E-state index is -0.941. The Bertz CT molecular complexity index is 515. The smallest absolute Gasteiger partial charge is 0.224 e. The first-order chi connectivity index (χ1) is 9.66. The third kappa shape index (κ3) is 4.13. The quantitative estimate of drug-likeness (QED) is 0.809. The van der Waals surface area contributed by atoms with Gasteiger partial charge in [0.05, 0.1) is 6.42 Å². The van der Waals surface area contributed by atoms with Crippen LogP contribution >= 0.6 is 0 Å². The summed E-state index contributed by atoms with van der Waals surface area (Å²) in [5.74, 6) is -2.15. The molecule has 0 aromatic heterocycles. The number of hydrogen-bond donors (Lipinski definition) is 2. The van der Waals surface area contributed by atoms with Crippen molar-refractivity contribution >= 4 is 5.91 Å². The molecule has 1 heterocycles. The van der Waals surface area contributed by atoms with Crippen LogP contribution in [-0.2, 0) is 11.2 Å². The highest BCUT2D eigenvalue weighted by molar-refractivity contribution is 5.78. The van der Waals surface area contributed by atoms with Gasteiger partial charge in [0, 0.05) is 18.7 Å². The molecule has 2 rings (SSSR count). The van der Waals surface area contributed by atoms with E-state index in [1.165, 1.54) is 17.7 Å². The largest absolute Gasteiger partial charge is 0.355 e. The van der Waals surface area contributed by atoms with E-state index in [2.05, 4.69) is 16.7 Å². The monoisotopic (exact) mass is 280 g/mol. The van der Waals surface area contributed by atoms with Gasteiger partial charge in [-0.15, -0.1) is 0 Å². The van der Waals surface area contributed by atoms with Crippen molar-refractivity contribution in [3.05, 3.63) is 47.0 Å². The lowest BCUT2D eigenvalue weighted by Crippen LogP contribution is -2.28. The molecule has 0 saturated heterocycles. The van der Waals surface area contributed by atoms with E-state index < -0.39 is 11.6 Å². The first kappa shape index (κ1) is 14.7. The lowest BCUT2D eigenvalue weighted by atomic mass is 10.1. The molecule has 0 unspecified atom stereocenters. The minimum Gasteiger partial charge on any atom is -0.355 e. The molecule has 0 atom stereocenters. The Hall–Kier alpha value is -1.75. The number of halogens is 2. The summed E-state index contributed by atoms with van der Waals surface area (Å²) >= 11 is 0. The standard InChI is InChI=1S/C15H18F2N2O/c16-13-3-1-2-12(15(13)17)10-14(20)19-9-6-11-4-7-18-8-5-11/h1-4,18H,5-10H2,(H,19,20). The van der Waals surface area contributed by atoms with Crippen LogP contribution in [0, 0.1) is 11.6 Å². The Morgan fingerprint density at radius 3 is 2.95 bits per heavy atom. The van der Waals surface area contributed by atoms with Crippen LogP contribution in [0.2, 0.25) is 0 Å². The molecule has 0 radical (unpaired) electrons. The maximum Gasteiger partial charge on any atom is 0.224 e. The van der Waals surface area contributed by atoms with Crippen molar-refractivity contribution in [2.24, 2.45) is 0 Å². The lowest BCUT2D eigenvalue weighted by molar-refractivity contribution is -0.120. The third-order valence-corrected chi connectivity index (χ3v) is 3.31. The van der Waals surface area contributed by atoms with Gasteiger partial charge in [-0.1, -0.05) is 23.8 Å². The van der Waals surface area contributed by atoms with Crippen LogP contribution in [0.15, 0.2) is 29.8 Å². The summed E-state index contributed by atoms with van der Waals surface area (Å²) in [4.78, 5) is 11.7. The molecule has 1 aliphatic heterocycles. The number of rotatable bonds is 5. The Kier molecular flexibility index (Phi) is 5.24. The van der Waals surface area contributed by atoms with Crippen LogP contribution in [0.3, 0.4) is 0 Å². The second kappa shape index (κ2) is 7.14. The second-order valence-electron chi connectivity index (χ2n) is 4.81. The predicted octanol–water partition coefficient (Wildman–Crippen LogP) is 1.93.